The largest absolute Gasteiger partial charge is 0.506 e. The lowest BCUT2D eigenvalue weighted by atomic mass is 10.1. The molecule has 16 heteroatoms. The Morgan fingerprint density at radius 2 is 1.16 bits per heavy atom. The first-order chi connectivity index (χ1) is 18.1. The van der Waals surface area contributed by atoms with E-state index in [0.29, 0.717) is 11.1 Å². The second kappa shape index (κ2) is 14.3. The van der Waals surface area contributed by atoms with E-state index in [9.17, 15) is 39.8 Å². The highest BCUT2D eigenvalue weighted by Gasteiger charge is 2.22. The fourth-order valence-electron chi connectivity index (χ4n) is 3.70. The molecule has 0 aliphatic rings. The third kappa shape index (κ3) is 8.59. The quantitative estimate of drug-likeness (QED) is 0.165. The molecule has 0 aliphatic carbocycles. The van der Waals surface area contributed by atoms with Crippen LogP contribution in [-0.4, -0.2) is 78.3 Å². The molecule has 0 atom stereocenters. The molecule has 0 saturated carbocycles. The molecule has 0 radical (unpaired) electrons. The lowest BCUT2D eigenvalue weighted by Crippen LogP contribution is -2.39. The summed E-state index contributed by atoms with van der Waals surface area (Å²) in [5, 5.41) is 44.6. The highest BCUT2D eigenvalue weighted by Crippen LogP contribution is 2.27. The number of carbonyl (C=O) groups is 2. The van der Waals surface area contributed by atoms with Crippen LogP contribution in [0, 0.1) is 23.7 Å². The first-order valence-electron chi connectivity index (χ1n) is 11.2. The average molecular weight is 536 g/mol. The number of aliphatic carboxylic acids is 2. The van der Waals surface area contributed by atoms with Crippen LogP contribution in [0.25, 0.3) is 0 Å². The molecule has 2 rings (SSSR count). The van der Waals surface area contributed by atoms with Crippen molar-refractivity contribution < 1.29 is 39.7 Å². The fourth-order valence-corrected chi connectivity index (χ4v) is 3.70. The second-order valence-corrected chi connectivity index (χ2v) is 8.30. The Morgan fingerprint density at radius 3 is 1.47 bits per heavy atom. The van der Waals surface area contributed by atoms with Gasteiger partial charge in [0.05, 0.1) is 24.5 Å². The van der Waals surface area contributed by atoms with Gasteiger partial charge in [0.1, 0.15) is 24.7 Å². The summed E-state index contributed by atoms with van der Waals surface area (Å²) < 4.78 is 0. The maximum absolute atomic E-state index is 11.6. The summed E-state index contributed by atoms with van der Waals surface area (Å²) in [7, 11) is 0. The number of aryl methyl sites for hydroxylation is 2. The van der Waals surface area contributed by atoms with Crippen molar-refractivity contribution in [2.75, 3.05) is 26.2 Å². The lowest BCUT2D eigenvalue weighted by Gasteiger charge is -2.27. The van der Waals surface area contributed by atoms with Gasteiger partial charge in [-0.05, 0) is 13.8 Å². The van der Waals surface area contributed by atoms with Crippen LogP contribution in [0.15, 0.2) is 23.1 Å². The van der Waals surface area contributed by atoms with Gasteiger partial charge in [-0.3, -0.25) is 29.4 Å². The summed E-state index contributed by atoms with van der Waals surface area (Å²) in [6, 6.07) is 0. The van der Waals surface area contributed by atoms with Gasteiger partial charge in [-0.2, -0.15) is 0 Å². The monoisotopic (exact) mass is 536 g/mol. The van der Waals surface area contributed by atoms with E-state index in [1.807, 2.05) is 0 Å². The predicted molar refractivity (Wildman–Crippen MR) is 128 cm³/mol. The Labute approximate surface area is 216 Å². The third-order valence-electron chi connectivity index (χ3n) is 5.62. The second-order valence-electron chi connectivity index (χ2n) is 8.30. The molecule has 2 aromatic rings. The molecule has 0 fully saturated rings. The Bertz CT molecular complexity index is 1070. The van der Waals surface area contributed by atoms with Crippen molar-refractivity contribution in [1.29, 1.82) is 0 Å². The summed E-state index contributed by atoms with van der Waals surface area (Å²) in [5.74, 6) is -2.76. The number of pyridine rings is 2. The first kappa shape index (κ1) is 29.8. The molecule has 206 valence electrons. The van der Waals surface area contributed by atoms with Crippen molar-refractivity contribution in [2.45, 2.75) is 40.2 Å². The van der Waals surface area contributed by atoms with E-state index in [1.165, 1.54) is 22.2 Å². The number of carboxylic acid groups (broad SMARTS) is 2. The zero-order valence-electron chi connectivity index (χ0n) is 20.7. The molecule has 0 unspecified atom stereocenters. The van der Waals surface area contributed by atoms with Crippen LogP contribution in [-0.2, 0) is 45.6 Å². The number of rotatable bonds is 17. The van der Waals surface area contributed by atoms with Gasteiger partial charge >= 0.3 is 11.9 Å². The van der Waals surface area contributed by atoms with E-state index in [2.05, 4.69) is 30.3 Å². The molecule has 0 amide bonds. The van der Waals surface area contributed by atoms with Crippen molar-refractivity contribution in [2.24, 2.45) is 10.7 Å². The molecule has 4 N–H and O–H groups in total. The van der Waals surface area contributed by atoms with Gasteiger partial charge in [0.25, 0.3) is 0 Å². The van der Waals surface area contributed by atoms with Crippen LogP contribution in [0.3, 0.4) is 0 Å². The Kier molecular flexibility index (Phi) is 11.2. The maximum Gasteiger partial charge on any atom is 0.317 e. The normalized spacial score (nSPS) is 10.9. The van der Waals surface area contributed by atoms with E-state index in [0.717, 1.165) is 0 Å². The molecule has 0 aromatic carbocycles. The summed E-state index contributed by atoms with van der Waals surface area (Å²) in [4.78, 5) is 63.9. The SMILES string of the molecule is Cc1ncc(CON=O)c(CN(CCN(CC(=O)O)Cc2c(CON=O)cnc(C)c2O)CC(=O)O)c1O. The molecule has 0 bridgehead atoms. The van der Waals surface area contributed by atoms with Gasteiger partial charge in [0, 0.05) is 60.8 Å². The van der Waals surface area contributed by atoms with Crippen molar-refractivity contribution in [3.63, 3.8) is 0 Å². The highest BCUT2D eigenvalue weighted by atomic mass is 16.7. The van der Waals surface area contributed by atoms with Gasteiger partial charge in [-0.15, -0.1) is 9.81 Å². The zero-order chi connectivity index (χ0) is 28.2. The van der Waals surface area contributed by atoms with Gasteiger partial charge < -0.3 is 30.1 Å². The summed E-state index contributed by atoms with van der Waals surface area (Å²) in [6.07, 6.45) is 2.75. The number of aromatic hydroxyl groups is 2. The number of aromatic nitrogens is 2. The van der Waals surface area contributed by atoms with Gasteiger partial charge in [-0.25, -0.2) is 0 Å². The van der Waals surface area contributed by atoms with E-state index < -0.39 is 25.0 Å². The fraction of sp³-hybridized carbons (Fsp3) is 0.455. The van der Waals surface area contributed by atoms with Crippen molar-refractivity contribution >= 4 is 11.9 Å². The number of hydrogen-bond acceptors (Lipinski definition) is 14. The van der Waals surface area contributed by atoms with Crippen LogP contribution in [0.5, 0.6) is 11.5 Å². The van der Waals surface area contributed by atoms with Crippen molar-refractivity contribution in [3.05, 3.63) is 55.8 Å². The predicted octanol–water partition coefficient (Wildman–Crippen LogP) is 1.37. The topological polar surface area (TPSA) is 225 Å². The van der Waals surface area contributed by atoms with Gasteiger partial charge in [-0.1, -0.05) is 0 Å². The Balaban J connectivity index is 2.31. The standard InChI is InChI=1S/C22H28N6O10/c1-13-21(33)17(15(5-23-13)11-37-25-35)7-27(9-19(29)30)3-4-28(10-20(31)32)8-18-16(12-38-26-36)6-24-14(2)22(18)34/h5-6,33-34H,3-4,7-12H2,1-2H3,(H,29,30)(H,31,32). The molecule has 0 spiro atoms. The average Bonchev–Trinajstić information content (AvgIpc) is 2.86. The number of nitrogens with zero attached hydrogens (tertiary/aromatic N) is 6. The molecule has 2 aromatic heterocycles. The van der Waals surface area contributed by atoms with E-state index in [-0.39, 0.29) is 73.4 Å². The minimum Gasteiger partial charge on any atom is -0.506 e. The van der Waals surface area contributed by atoms with Gasteiger partial charge in [0.15, 0.2) is 10.7 Å². The third-order valence-corrected chi connectivity index (χ3v) is 5.62. The summed E-state index contributed by atoms with van der Waals surface area (Å²) in [6.45, 7) is 1.44. The smallest absolute Gasteiger partial charge is 0.317 e. The van der Waals surface area contributed by atoms with Crippen LogP contribution >= 0.6 is 0 Å². The molecular formula is C22H28N6O10. The lowest BCUT2D eigenvalue weighted by molar-refractivity contribution is -0.140. The number of carboxylic acids is 2. The van der Waals surface area contributed by atoms with Gasteiger partial charge in [0.2, 0.25) is 0 Å². The van der Waals surface area contributed by atoms with Crippen LogP contribution < -0.4 is 0 Å². The van der Waals surface area contributed by atoms with Crippen LogP contribution in [0.1, 0.15) is 33.6 Å². The van der Waals surface area contributed by atoms with Crippen LogP contribution in [0.2, 0.25) is 0 Å². The minimum atomic E-state index is -1.17. The van der Waals surface area contributed by atoms with E-state index in [1.54, 1.807) is 13.8 Å². The summed E-state index contributed by atoms with van der Waals surface area (Å²) in [5.41, 5.74) is 1.72. The molecule has 2 heterocycles. The molecular weight excluding hydrogens is 508 g/mol. The van der Waals surface area contributed by atoms with Crippen molar-refractivity contribution in [1.82, 2.24) is 19.8 Å². The molecule has 0 saturated heterocycles. The van der Waals surface area contributed by atoms with Crippen molar-refractivity contribution in [3.8, 4) is 11.5 Å². The number of hydrogen-bond donors (Lipinski definition) is 4. The zero-order valence-corrected chi connectivity index (χ0v) is 20.7. The Hall–Kier alpha value is -4.44. The maximum atomic E-state index is 11.6. The molecule has 38 heavy (non-hydrogen) atoms. The summed E-state index contributed by atoms with van der Waals surface area (Å²) >= 11 is 0. The minimum absolute atomic E-state index is 0.0270. The highest BCUT2D eigenvalue weighted by molar-refractivity contribution is 5.69. The van der Waals surface area contributed by atoms with E-state index >= 15 is 0 Å². The Morgan fingerprint density at radius 1 is 0.789 bits per heavy atom. The first-order valence-corrected chi connectivity index (χ1v) is 11.2. The molecule has 16 nitrogen and oxygen atoms in total. The molecule has 0 aliphatic heterocycles. The van der Waals surface area contributed by atoms with Crippen LogP contribution in [0.4, 0.5) is 0 Å². The van der Waals surface area contributed by atoms with E-state index in [4.69, 9.17) is 0 Å².